The molecule has 0 aliphatic rings. The molecule has 0 saturated carbocycles. The Kier molecular flexibility index (Phi) is 5.84. The molecular formula is C25H24N2O4S. The van der Waals surface area contributed by atoms with Crippen molar-refractivity contribution in [2.45, 2.75) is 32.4 Å². The van der Waals surface area contributed by atoms with Crippen LogP contribution in [0.2, 0.25) is 0 Å². The summed E-state index contributed by atoms with van der Waals surface area (Å²) in [6.07, 6.45) is -0.377. The Morgan fingerprint density at radius 3 is 2.50 bits per heavy atom. The largest absolute Gasteiger partial charge is 0.482 e. The van der Waals surface area contributed by atoms with E-state index in [1.807, 2.05) is 61.5 Å². The zero-order valence-electron chi connectivity index (χ0n) is 18.3. The average molecular weight is 449 g/mol. The third-order valence-corrected chi connectivity index (χ3v) is 6.40. The number of benzene rings is 3. The second-order valence-electron chi connectivity index (χ2n) is 8.01. The predicted octanol–water partition coefficient (Wildman–Crippen LogP) is 5.27. The van der Waals surface area contributed by atoms with Crippen LogP contribution in [0, 0.1) is 0 Å². The van der Waals surface area contributed by atoms with Crippen LogP contribution in [0.4, 0.5) is 0 Å². The van der Waals surface area contributed by atoms with E-state index in [2.05, 4.69) is 10.3 Å². The van der Waals surface area contributed by atoms with Crippen molar-refractivity contribution in [1.29, 1.82) is 0 Å². The Bertz CT molecular complexity index is 1280. The zero-order chi connectivity index (χ0) is 22.9. The number of carbonyl (C=O) groups is 2. The SMILES string of the molecule is COC(=O)C(C)(C)NC(=O)c1ccc2ccccc2c1OC(C)c1nc2ccccc2s1. The Balaban J connectivity index is 1.73. The van der Waals surface area contributed by atoms with E-state index in [4.69, 9.17) is 9.47 Å². The summed E-state index contributed by atoms with van der Waals surface area (Å²) >= 11 is 1.56. The number of fused-ring (bicyclic) bond motifs is 2. The molecule has 1 heterocycles. The lowest BCUT2D eigenvalue weighted by Crippen LogP contribution is -2.50. The number of aromatic nitrogens is 1. The number of carbonyl (C=O) groups excluding carboxylic acids is 2. The minimum atomic E-state index is -1.19. The number of esters is 1. The fourth-order valence-corrected chi connectivity index (χ4v) is 4.45. The van der Waals surface area contributed by atoms with Crippen molar-refractivity contribution in [1.82, 2.24) is 10.3 Å². The highest BCUT2D eigenvalue weighted by Crippen LogP contribution is 2.35. The predicted molar refractivity (Wildman–Crippen MR) is 126 cm³/mol. The highest BCUT2D eigenvalue weighted by Gasteiger charge is 2.32. The molecule has 0 aliphatic heterocycles. The first-order valence-corrected chi connectivity index (χ1v) is 11.1. The van der Waals surface area contributed by atoms with Gasteiger partial charge in [-0.05, 0) is 44.4 Å². The number of para-hydroxylation sites is 1. The van der Waals surface area contributed by atoms with Crippen molar-refractivity contribution in [3.8, 4) is 5.75 Å². The molecule has 3 aromatic carbocycles. The van der Waals surface area contributed by atoms with Gasteiger partial charge in [0.15, 0.2) is 0 Å². The molecule has 0 radical (unpaired) electrons. The summed E-state index contributed by atoms with van der Waals surface area (Å²) in [5.41, 5.74) is 0.0697. The van der Waals surface area contributed by atoms with Gasteiger partial charge in [0, 0.05) is 5.39 Å². The summed E-state index contributed by atoms with van der Waals surface area (Å²) in [5, 5.41) is 5.33. The van der Waals surface area contributed by atoms with E-state index < -0.39 is 17.4 Å². The molecule has 1 atom stereocenters. The summed E-state index contributed by atoms with van der Waals surface area (Å²) in [7, 11) is 1.29. The lowest BCUT2D eigenvalue weighted by molar-refractivity contribution is -0.146. The lowest BCUT2D eigenvalue weighted by Gasteiger charge is -2.24. The number of hydrogen-bond acceptors (Lipinski definition) is 6. The molecule has 1 N–H and O–H groups in total. The second-order valence-corrected chi connectivity index (χ2v) is 9.08. The summed E-state index contributed by atoms with van der Waals surface area (Å²) in [6, 6.07) is 19.2. The summed E-state index contributed by atoms with van der Waals surface area (Å²) in [5.74, 6) is -0.498. The third-order valence-electron chi connectivity index (χ3n) is 5.20. The van der Waals surface area contributed by atoms with Crippen molar-refractivity contribution in [2.75, 3.05) is 7.11 Å². The van der Waals surface area contributed by atoms with E-state index in [1.165, 1.54) is 7.11 Å². The van der Waals surface area contributed by atoms with Crippen molar-refractivity contribution < 1.29 is 19.1 Å². The van der Waals surface area contributed by atoms with Crippen LogP contribution in [0.15, 0.2) is 60.7 Å². The number of nitrogens with one attached hydrogen (secondary N) is 1. The minimum absolute atomic E-state index is 0.341. The van der Waals surface area contributed by atoms with Crippen molar-refractivity contribution in [2.24, 2.45) is 0 Å². The van der Waals surface area contributed by atoms with Crippen LogP contribution in [0.3, 0.4) is 0 Å². The van der Waals surface area contributed by atoms with Gasteiger partial charge in [-0.2, -0.15) is 0 Å². The molecule has 1 amide bonds. The highest BCUT2D eigenvalue weighted by molar-refractivity contribution is 7.18. The Labute approximate surface area is 190 Å². The average Bonchev–Trinajstić information content (AvgIpc) is 3.22. The van der Waals surface area contributed by atoms with Gasteiger partial charge in [0.05, 0.1) is 22.9 Å². The minimum Gasteiger partial charge on any atom is -0.482 e. The van der Waals surface area contributed by atoms with Gasteiger partial charge in [0.25, 0.3) is 5.91 Å². The Hall–Kier alpha value is -3.45. The Morgan fingerprint density at radius 2 is 1.75 bits per heavy atom. The topological polar surface area (TPSA) is 77.5 Å². The smallest absolute Gasteiger partial charge is 0.330 e. The number of amides is 1. The van der Waals surface area contributed by atoms with E-state index in [1.54, 1.807) is 31.3 Å². The maximum atomic E-state index is 13.2. The van der Waals surface area contributed by atoms with Crippen molar-refractivity contribution in [3.05, 3.63) is 71.2 Å². The van der Waals surface area contributed by atoms with Gasteiger partial charge in [-0.25, -0.2) is 9.78 Å². The maximum Gasteiger partial charge on any atom is 0.330 e. The van der Waals surface area contributed by atoms with Crippen LogP contribution in [0.1, 0.15) is 42.2 Å². The number of rotatable bonds is 6. The summed E-state index contributed by atoms with van der Waals surface area (Å²) in [4.78, 5) is 30.0. The molecule has 0 spiro atoms. The first-order valence-electron chi connectivity index (χ1n) is 10.2. The first-order chi connectivity index (χ1) is 15.3. The van der Waals surface area contributed by atoms with Gasteiger partial charge in [-0.15, -0.1) is 11.3 Å². The van der Waals surface area contributed by atoms with Crippen molar-refractivity contribution in [3.63, 3.8) is 0 Å². The van der Waals surface area contributed by atoms with E-state index >= 15 is 0 Å². The highest BCUT2D eigenvalue weighted by atomic mass is 32.1. The lowest BCUT2D eigenvalue weighted by atomic mass is 10.0. The maximum absolute atomic E-state index is 13.2. The second kappa shape index (κ2) is 8.59. The molecule has 0 saturated heterocycles. The normalized spacial score (nSPS) is 12.5. The fourth-order valence-electron chi connectivity index (χ4n) is 3.50. The van der Waals surface area contributed by atoms with Crippen LogP contribution < -0.4 is 10.1 Å². The summed E-state index contributed by atoms with van der Waals surface area (Å²) < 4.78 is 12.3. The monoisotopic (exact) mass is 448 g/mol. The molecule has 0 fully saturated rings. The number of hydrogen-bond donors (Lipinski definition) is 1. The number of methoxy groups -OCH3 is 1. The van der Waals surface area contributed by atoms with Gasteiger partial charge in [0.2, 0.25) is 0 Å². The fraction of sp³-hybridized carbons (Fsp3) is 0.240. The van der Waals surface area contributed by atoms with Crippen LogP contribution in [-0.4, -0.2) is 29.5 Å². The molecule has 6 nitrogen and oxygen atoms in total. The van der Waals surface area contributed by atoms with Crippen LogP contribution in [-0.2, 0) is 9.53 Å². The van der Waals surface area contributed by atoms with Gasteiger partial charge < -0.3 is 14.8 Å². The van der Waals surface area contributed by atoms with Crippen LogP contribution in [0.5, 0.6) is 5.75 Å². The molecule has 0 bridgehead atoms. The van der Waals surface area contributed by atoms with E-state index in [0.29, 0.717) is 11.3 Å². The quantitative estimate of drug-likeness (QED) is 0.407. The van der Waals surface area contributed by atoms with E-state index in [0.717, 1.165) is 26.0 Å². The molecule has 1 aromatic heterocycles. The van der Waals surface area contributed by atoms with Gasteiger partial charge >= 0.3 is 5.97 Å². The van der Waals surface area contributed by atoms with Gasteiger partial charge in [-0.1, -0.05) is 42.5 Å². The van der Waals surface area contributed by atoms with E-state index in [9.17, 15) is 9.59 Å². The molecule has 0 aliphatic carbocycles. The molecule has 1 unspecified atom stereocenters. The van der Waals surface area contributed by atoms with E-state index in [-0.39, 0.29) is 6.10 Å². The number of ether oxygens (including phenoxy) is 2. The molecule has 4 aromatic rings. The Morgan fingerprint density at radius 1 is 1.03 bits per heavy atom. The molecule has 7 heteroatoms. The third kappa shape index (κ3) is 4.16. The summed E-state index contributed by atoms with van der Waals surface area (Å²) in [6.45, 7) is 5.11. The van der Waals surface area contributed by atoms with Gasteiger partial charge in [0.1, 0.15) is 22.4 Å². The number of nitrogens with zero attached hydrogens (tertiary/aromatic N) is 1. The van der Waals surface area contributed by atoms with Crippen molar-refractivity contribution >= 4 is 44.2 Å². The van der Waals surface area contributed by atoms with Crippen LogP contribution >= 0.6 is 11.3 Å². The van der Waals surface area contributed by atoms with Gasteiger partial charge in [-0.3, -0.25) is 4.79 Å². The number of thiazole rings is 1. The first kappa shape index (κ1) is 21.8. The molecule has 164 valence electrons. The molecule has 4 rings (SSSR count). The van der Waals surface area contributed by atoms with Crippen LogP contribution in [0.25, 0.3) is 21.0 Å². The molecular weight excluding hydrogens is 424 g/mol. The molecule has 32 heavy (non-hydrogen) atoms. The zero-order valence-corrected chi connectivity index (χ0v) is 19.2. The standard InChI is InChI=1S/C25H24N2O4S/c1-15(23-26-19-11-7-8-12-20(19)32-23)31-21-17-10-6-5-9-16(17)13-14-18(21)22(28)27-25(2,3)24(29)30-4/h5-15H,1-4H3,(H,27,28).